The summed E-state index contributed by atoms with van der Waals surface area (Å²) in [5.74, 6) is 0.713. The van der Waals surface area contributed by atoms with Crippen LogP contribution >= 0.6 is 0 Å². The molecular formula is C23H34N4O2. The van der Waals surface area contributed by atoms with E-state index in [1.165, 1.54) is 6.42 Å². The average Bonchev–Trinajstić information content (AvgIpc) is 2.74. The number of nitrogens with one attached hydrogen (secondary N) is 2. The SMILES string of the molecule is CC1(C)CNC1C1CCN(C(=O)Nc2cccc(C(=O)N3CCCCC3)c2)CC1. The molecule has 1 aromatic rings. The molecule has 1 unspecified atom stereocenters. The summed E-state index contributed by atoms with van der Waals surface area (Å²) in [6.45, 7) is 8.98. The summed E-state index contributed by atoms with van der Waals surface area (Å²) in [6, 6.07) is 7.87. The van der Waals surface area contributed by atoms with Gasteiger partial charge < -0.3 is 20.4 Å². The molecule has 3 aliphatic heterocycles. The van der Waals surface area contributed by atoms with E-state index in [-0.39, 0.29) is 11.9 Å². The predicted molar refractivity (Wildman–Crippen MR) is 115 cm³/mol. The van der Waals surface area contributed by atoms with E-state index in [9.17, 15) is 9.59 Å². The largest absolute Gasteiger partial charge is 0.339 e. The Morgan fingerprint density at radius 3 is 2.38 bits per heavy atom. The Balaban J connectivity index is 1.31. The third-order valence-electron chi connectivity index (χ3n) is 6.92. The Morgan fingerprint density at radius 2 is 1.76 bits per heavy atom. The smallest absolute Gasteiger partial charge is 0.321 e. The fraction of sp³-hybridized carbons (Fsp3) is 0.652. The van der Waals surface area contributed by atoms with E-state index in [0.29, 0.717) is 28.6 Å². The lowest BCUT2D eigenvalue weighted by Gasteiger charge is -2.51. The number of hydrogen-bond donors (Lipinski definition) is 2. The topological polar surface area (TPSA) is 64.7 Å². The number of piperidine rings is 2. The van der Waals surface area contributed by atoms with E-state index >= 15 is 0 Å². The lowest BCUT2D eigenvalue weighted by atomic mass is 9.68. The van der Waals surface area contributed by atoms with Crippen LogP contribution in [0.4, 0.5) is 10.5 Å². The average molecular weight is 399 g/mol. The van der Waals surface area contributed by atoms with Gasteiger partial charge >= 0.3 is 6.03 Å². The second-order valence-electron chi connectivity index (χ2n) is 9.54. The van der Waals surface area contributed by atoms with Crippen LogP contribution in [0.1, 0.15) is 56.3 Å². The van der Waals surface area contributed by atoms with Crippen LogP contribution in [0.25, 0.3) is 0 Å². The van der Waals surface area contributed by atoms with Crippen molar-refractivity contribution >= 4 is 17.6 Å². The van der Waals surface area contributed by atoms with Crippen LogP contribution in [0.3, 0.4) is 0 Å². The molecule has 0 spiro atoms. The number of carbonyl (C=O) groups excluding carboxylic acids is 2. The molecule has 0 radical (unpaired) electrons. The van der Waals surface area contributed by atoms with Crippen molar-refractivity contribution in [3.8, 4) is 0 Å². The van der Waals surface area contributed by atoms with Gasteiger partial charge in [-0.15, -0.1) is 0 Å². The molecule has 3 amide bonds. The van der Waals surface area contributed by atoms with Gasteiger partial charge in [-0.25, -0.2) is 4.79 Å². The number of nitrogens with zero attached hydrogens (tertiary/aromatic N) is 2. The Labute approximate surface area is 174 Å². The Kier molecular flexibility index (Phi) is 5.81. The van der Waals surface area contributed by atoms with Gasteiger partial charge in [0, 0.05) is 50.0 Å². The molecule has 6 heteroatoms. The molecule has 3 heterocycles. The van der Waals surface area contributed by atoms with Gasteiger partial charge in [0.25, 0.3) is 5.91 Å². The van der Waals surface area contributed by atoms with Crippen LogP contribution in [0.5, 0.6) is 0 Å². The normalized spacial score (nSPS) is 24.7. The minimum atomic E-state index is -0.0631. The number of benzene rings is 1. The maximum atomic E-state index is 12.7. The molecule has 3 saturated heterocycles. The predicted octanol–water partition coefficient (Wildman–Crippen LogP) is 3.55. The number of rotatable bonds is 3. The zero-order valence-electron chi connectivity index (χ0n) is 17.7. The summed E-state index contributed by atoms with van der Waals surface area (Å²) in [5.41, 5.74) is 1.72. The first-order valence-electron chi connectivity index (χ1n) is 11.1. The minimum Gasteiger partial charge on any atom is -0.339 e. The highest BCUT2D eigenvalue weighted by molar-refractivity contribution is 5.97. The molecule has 158 valence electrons. The van der Waals surface area contributed by atoms with Crippen molar-refractivity contribution in [3.05, 3.63) is 29.8 Å². The highest BCUT2D eigenvalue weighted by Crippen LogP contribution is 2.37. The van der Waals surface area contributed by atoms with Gasteiger partial charge in [-0.1, -0.05) is 19.9 Å². The number of carbonyl (C=O) groups is 2. The third-order valence-corrected chi connectivity index (χ3v) is 6.92. The molecule has 1 aromatic carbocycles. The summed E-state index contributed by atoms with van der Waals surface area (Å²) < 4.78 is 0. The van der Waals surface area contributed by atoms with Crippen molar-refractivity contribution in [3.63, 3.8) is 0 Å². The van der Waals surface area contributed by atoms with Crippen LogP contribution in [0.15, 0.2) is 24.3 Å². The molecule has 0 saturated carbocycles. The van der Waals surface area contributed by atoms with Gasteiger partial charge in [0.1, 0.15) is 0 Å². The maximum Gasteiger partial charge on any atom is 0.321 e. The summed E-state index contributed by atoms with van der Waals surface area (Å²) in [5, 5.41) is 6.58. The Bertz CT molecular complexity index is 749. The van der Waals surface area contributed by atoms with Crippen molar-refractivity contribution in [2.24, 2.45) is 11.3 Å². The molecule has 0 aliphatic carbocycles. The highest BCUT2D eigenvalue weighted by Gasteiger charge is 2.43. The molecule has 0 bridgehead atoms. The lowest BCUT2D eigenvalue weighted by molar-refractivity contribution is 0.0469. The number of likely N-dealkylation sites (tertiary alicyclic amines) is 2. The first kappa shape index (κ1) is 20.2. The fourth-order valence-electron chi connectivity index (χ4n) is 5.08. The molecule has 0 aromatic heterocycles. The maximum absolute atomic E-state index is 12.7. The van der Waals surface area contributed by atoms with Crippen molar-refractivity contribution in [2.75, 3.05) is 38.0 Å². The zero-order valence-corrected chi connectivity index (χ0v) is 17.7. The van der Waals surface area contributed by atoms with Crippen molar-refractivity contribution in [2.45, 2.75) is 52.0 Å². The zero-order chi connectivity index (χ0) is 20.4. The van der Waals surface area contributed by atoms with Crippen LogP contribution in [0.2, 0.25) is 0 Å². The van der Waals surface area contributed by atoms with E-state index in [4.69, 9.17) is 0 Å². The standard InChI is InChI=1S/C23H34N4O2/c1-23(2)16-24-20(23)17-9-13-27(14-10-17)22(29)25-19-8-6-7-18(15-19)21(28)26-11-4-3-5-12-26/h6-8,15,17,20,24H,3-5,9-14,16H2,1-2H3,(H,25,29). The third kappa shape index (κ3) is 4.42. The number of urea groups is 1. The fourth-order valence-corrected chi connectivity index (χ4v) is 5.08. The Hall–Kier alpha value is -2.08. The molecule has 4 rings (SSSR count). The second kappa shape index (κ2) is 8.34. The van der Waals surface area contributed by atoms with Gasteiger partial charge in [0.2, 0.25) is 0 Å². The molecule has 1 atom stereocenters. The van der Waals surface area contributed by atoms with Crippen molar-refractivity contribution in [1.29, 1.82) is 0 Å². The van der Waals surface area contributed by atoms with Crippen molar-refractivity contribution < 1.29 is 9.59 Å². The van der Waals surface area contributed by atoms with Crippen molar-refractivity contribution in [1.82, 2.24) is 15.1 Å². The minimum absolute atomic E-state index is 0.0631. The monoisotopic (exact) mass is 398 g/mol. The van der Waals surface area contributed by atoms with E-state index in [0.717, 1.165) is 58.4 Å². The Morgan fingerprint density at radius 1 is 1.03 bits per heavy atom. The lowest BCUT2D eigenvalue weighted by Crippen LogP contribution is -2.64. The molecule has 6 nitrogen and oxygen atoms in total. The van der Waals surface area contributed by atoms with Gasteiger partial charge in [-0.3, -0.25) is 4.79 Å². The number of anilines is 1. The van der Waals surface area contributed by atoms with Gasteiger partial charge in [-0.2, -0.15) is 0 Å². The summed E-state index contributed by atoms with van der Waals surface area (Å²) in [7, 11) is 0. The van der Waals surface area contributed by atoms with E-state index in [1.807, 2.05) is 34.1 Å². The van der Waals surface area contributed by atoms with Crippen LogP contribution in [0, 0.1) is 11.3 Å². The molecule has 29 heavy (non-hydrogen) atoms. The summed E-state index contributed by atoms with van der Waals surface area (Å²) in [6.07, 6.45) is 5.44. The molecule has 2 N–H and O–H groups in total. The quantitative estimate of drug-likeness (QED) is 0.818. The first-order valence-corrected chi connectivity index (χ1v) is 11.1. The second-order valence-corrected chi connectivity index (χ2v) is 9.54. The molecule has 3 aliphatic rings. The van der Waals surface area contributed by atoms with E-state index in [2.05, 4.69) is 24.5 Å². The van der Waals surface area contributed by atoms with Gasteiger partial charge in [0.05, 0.1) is 0 Å². The van der Waals surface area contributed by atoms with Gasteiger partial charge in [-0.05, 0) is 61.6 Å². The molecule has 3 fully saturated rings. The highest BCUT2D eigenvalue weighted by atomic mass is 16.2. The number of amides is 3. The summed E-state index contributed by atoms with van der Waals surface area (Å²) >= 11 is 0. The van der Waals surface area contributed by atoms with Crippen LogP contribution in [-0.4, -0.2) is 60.5 Å². The summed E-state index contributed by atoms with van der Waals surface area (Å²) in [4.78, 5) is 29.3. The van der Waals surface area contributed by atoms with E-state index < -0.39 is 0 Å². The van der Waals surface area contributed by atoms with Crippen LogP contribution < -0.4 is 10.6 Å². The number of hydrogen-bond acceptors (Lipinski definition) is 3. The first-order chi connectivity index (χ1) is 13.9. The van der Waals surface area contributed by atoms with Crippen LogP contribution in [-0.2, 0) is 0 Å². The van der Waals surface area contributed by atoms with Gasteiger partial charge in [0.15, 0.2) is 0 Å². The van der Waals surface area contributed by atoms with E-state index in [1.54, 1.807) is 0 Å². The molecular weight excluding hydrogens is 364 g/mol.